The Morgan fingerprint density at radius 3 is 3.00 bits per heavy atom. The lowest BCUT2D eigenvalue weighted by Gasteiger charge is -2.30. The maximum atomic E-state index is 10.9. The number of nitrogens with one attached hydrogen (secondary N) is 1. The van der Waals surface area contributed by atoms with Crippen molar-refractivity contribution in [3.05, 3.63) is 33.9 Å². The van der Waals surface area contributed by atoms with Crippen molar-refractivity contribution in [2.75, 3.05) is 31.2 Å². The Balaban J connectivity index is 2.17. The first-order chi connectivity index (χ1) is 9.10. The number of hydrogen-bond acceptors (Lipinski definition) is 5. The molecular formula is C13H19N3O2S. The summed E-state index contributed by atoms with van der Waals surface area (Å²) in [6, 6.07) is 5.01. The van der Waals surface area contributed by atoms with E-state index in [1.165, 1.54) is 0 Å². The number of nitro benzene ring substituents is 1. The molecule has 0 amide bonds. The van der Waals surface area contributed by atoms with Gasteiger partial charge in [0.2, 0.25) is 0 Å². The van der Waals surface area contributed by atoms with Crippen LogP contribution in [-0.2, 0) is 6.54 Å². The zero-order valence-electron chi connectivity index (χ0n) is 11.3. The molecule has 0 saturated carbocycles. The van der Waals surface area contributed by atoms with Gasteiger partial charge in [0.05, 0.1) is 4.92 Å². The molecule has 0 bridgehead atoms. The molecule has 1 aromatic rings. The highest BCUT2D eigenvalue weighted by Gasteiger charge is 2.19. The average molecular weight is 281 g/mol. The molecule has 2 rings (SSSR count). The number of nitrogens with zero attached hydrogens (tertiary/aromatic N) is 2. The Kier molecular flexibility index (Phi) is 4.66. The van der Waals surface area contributed by atoms with Crippen molar-refractivity contribution in [3.63, 3.8) is 0 Å². The molecule has 1 aliphatic rings. The first-order valence-electron chi connectivity index (χ1n) is 6.39. The quantitative estimate of drug-likeness (QED) is 0.679. The second-order valence-electron chi connectivity index (χ2n) is 4.77. The van der Waals surface area contributed by atoms with Crippen LogP contribution in [0, 0.1) is 10.1 Å². The van der Waals surface area contributed by atoms with E-state index in [0.717, 1.165) is 36.6 Å². The van der Waals surface area contributed by atoms with Crippen molar-refractivity contribution in [1.29, 1.82) is 0 Å². The Morgan fingerprint density at radius 2 is 2.37 bits per heavy atom. The van der Waals surface area contributed by atoms with E-state index in [0.29, 0.717) is 5.25 Å². The number of non-ortho nitro benzene ring substituents is 1. The fourth-order valence-corrected chi connectivity index (χ4v) is 3.43. The second kappa shape index (κ2) is 6.25. The number of benzene rings is 1. The molecule has 1 saturated heterocycles. The molecule has 1 unspecified atom stereocenters. The van der Waals surface area contributed by atoms with Crippen LogP contribution in [0.2, 0.25) is 0 Å². The first kappa shape index (κ1) is 14.1. The van der Waals surface area contributed by atoms with Gasteiger partial charge in [-0.15, -0.1) is 0 Å². The van der Waals surface area contributed by atoms with Crippen molar-refractivity contribution in [1.82, 2.24) is 4.90 Å². The molecule has 0 aromatic heterocycles. The summed E-state index contributed by atoms with van der Waals surface area (Å²) in [5, 5.41) is 14.6. The van der Waals surface area contributed by atoms with Gasteiger partial charge in [-0.3, -0.25) is 15.0 Å². The SMILES string of the molecule is CNc1ccc([N+](=O)[O-])cc1CN1CCSC(C)C1. The molecule has 6 heteroatoms. The van der Waals surface area contributed by atoms with Crippen LogP contribution in [0.15, 0.2) is 18.2 Å². The minimum absolute atomic E-state index is 0.161. The van der Waals surface area contributed by atoms with E-state index in [4.69, 9.17) is 0 Å². The predicted octanol–water partition coefficient (Wildman–Crippen LogP) is 2.57. The average Bonchev–Trinajstić information content (AvgIpc) is 2.38. The van der Waals surface area contributed by atoms with Crippen LogP contribution >= 0.6 is 11.8 Å². The summed E-state index contributed by atoms with van der Waals surface area (Å²) in [6.45, 7) is 5.07. The molecule has 5 nitrogen and oxygen atoms in total. The van der Waals surface area contributed by atoms with Crippen molar-refractivity contribution < 1.29 is 4.92 Å². The molecule has 1 aliphatic heterocycles. The molecule has 104 valence electrons. The van der Waals surface area contributed by atoms with Crippen LogP contribution in [0.3, 0.4) is 0 Å². The van der Waals surface area contributed by atoms with Gasteiger partial charge in [0.15, 0.2) is 0 Å². The van der Waals surface area contributed by atoms with Crippen LogP contribution < -0.4 is 5.32 Å². The Labute approximate surface area is 117 Å². The third-order valence-electron chi connectivity index (χ3n) is 3.29. The van der Waals surface area contributed by atoms with Gasteiger partial charge >= 0.3 is 0 Å². The number of thioether (sulfide) groups is 1. The van der Waals surface area contributed by atoms with E-state index < -0.39 is 0 Å². The molecule has 0 aliphatic carbocycles. The molecule has 1 heterocycles. The zero-order valence-corrected chi connectivity index (χ0v) is 12.1. The highest BCUT2D eigenvalue weighted by atomic mass is 32.2. The second-order valence-corrected chi connectivity index (χ2v) is 6.31. The highest BCUT2D eigenvalue weighted by Crippen LogP contribution is 2.25. The van der Waals surface area contributed by atoms with Crippen molar-refractivity contribution in [2.45, 2.75) is 18.7 Å². The van der Waals surface area contributed by atoms with E-state index in [2.05, 4.69) is 17.1 Å². The van der Waals surface area contributed by atoms with Gasteiger partial charge in [-0.05, 0) is 11.6 Å². The standard InChI is InChI=1S/C13H19N3O2S/c1-10-8-15(5-6-19-10)9-11-7-12(16(17)18)3-4-13(11)14-2/h3-4,7,10,14H,5-6,8-9H2,1-2H3. The van der Waals surface area contributed by atoms with Crippen LogP contribution in [0.4, 0.5) is 11.4 Å². The van der Waals surface area contributed by atoms with Crippen LogP contribution in [0.5, 0.6) is 0 Å². The largest absolute Gasteiger partial charge is 0.388 e. The van der Waals surface area contributed by atoms with Gasteiger partial charge in [-0.2, -0.15) is 11.8 Å². The molecule has 1 N–H and O–H groups in total. The molecule has 1 atom stereocenters. The molecule has 1 fully saturated rings. The summed E-state index contributed by atoms with van der Waals surface area (Å²) in [6.07, 6.45) is 0. The molecule has 0 spiro atoms. The fourth-order valence-electron chi connectivity index (χ4n) is 2.34. The van der Waals surface area contributed by atoms with Crippen molar-refractivity contribution in [3.8, 4) is 0 Å². The lowest BCUT2D eigenvalue weighted by atomic mass is 10.1. The first-order valence-corrected chi connectivity index (χ1v) is 7.44. The summed E-state index contributed by atoms with van der Waals surface area (Å²) < 4.78 is 0. The molecule has 1 aromatic carbocycles. The number of hydrogen-bond donors (Lipinski definition) is 1. The maximum Gasteiger partial charge on any atom is 0.269 e. The van der Waals surface area contributed by atoms with Crippen LogP contribution in [0.25, 0.3) is 0 Å². The molecular weight excluding hydrogens is 262 g/mol. The predicted molar refractivity (Wildman–Crippen MR) is 79.8 cm³/mol. The Hall–Kier alpha value is -1.27. The Morgan fingerprint density at radius 1 is 1.58 bits per heavy atom. The number of nitro groups is 1. The number of anilines is 1. The van der Waals surface area contributed by atoms with Gasteiger partial charge in [-0.1, -0.05) is 6.92 Å². The van der Waals surface area contributed by atoms with Crippen LogP contribution in [0.1, 0.15) is 12.5 Å². The number of rotatable bonds is 4. The third-order valence-corrected chi connectivity index (χ3v) is 4.42. The van der Waals surface area contributed by atoms with E-state index in [-0.39, 0.29) is 10.6 Å². The van der Waals surface area contributed by atoms with E-state index in [1.807, 2.05) is 18.8 Å². The van der Waals surface area contributed by atoms with Crippen LogP contribution in [-0.4, -0.2) is 41.0 Å². The smallest absolute Gasteiger partial charge is 0.269 e. The minimum Gasteiger partial charge on any atom is -0.388 e. The summed E-state index contributed by atoms with van der Waals surface area (Å²) in [5.41, 5.74) is 2.13. The highest BCUT2D eigenvalue weighted by molar-refractivity contribution is 7.99. The zero-order chi connectivity index (χ0) is 13.8. The van der Waals surface area contributed by atoms with Gasteiger partial charge in [-0.25, -0.2) is 0 Å². The Bertz CT molecular complexity index is 467. The topological polar surface area (TPSA) is 58.4 Å². The summed E-state index contributed by atoms with van der Waals surface area (Å²) in [5.74, 6) is 1.13. The van der Waals surface area contributed by atoms with E-state index >= 15 is 0 Å². The van der Waals surface area contributed by atoms with E-state index in [1.54, 1.807) is 18.2 Å². The van der Waals surface area contributed by atoms with Gasteiger partial charge < -0.3 is 5.32 Å². The monoisotopic (exact) mass is 281 g/mol. The lowest BCUT2D eigenvalue weighted by molar-refractivity contribution is -0.384. The summed E-state index contributed by atoms with van der Waals surface area (Å²) >= 11 is 1.98. The normalized spacial score (nSPS) is 20.2. The van der Waals surface area contributed by atoms with Gasteiger partial charge in [0.25, 0.3) is 5.69 Å². The third kappa shape index (κ3) is 3.61. The summed E-state index contributed by atoms with van der Waals surface area (Å²) in [7, 11) is 1.85. The molecule has 0 radical (unpaired) electrons. The molecule has 19 heavy (non-hydrogen) atoms. The van der Waals surface area contributed by atoms with E-state index in [9.17, 15) is 10.1 Å². The fraction of sp³-hybridized carbons (Fsp3) is 0.538. The maximum absolute atomic E-state index is 10.9. The summed E-state index contributed by atoms with van der Waals surface area (Å²) in [4.78, 5) is 12.9. The van der Waals surface area contributed by atoms with Gasteiger partial charge in [0.1, 0.15) is 0 Å². The van der Waals surface area contributed by atoms with Crippen molar-refractivity contribution >= 4 is 23.1 Å². The minimum atomic E-state index is -0.336. The van der Waals surface area contributed by atoms with Gasteiger partial charge in [0, 0.05) is 55.5 Å². The van der Waals surface area contributed by atoms with Crippen molar-refractivity contribution in [2.24, 2.45) is 0 Å². The lowest BCUT2D eigenvalue weighted by Crippen LogP contribution is -2.36.